The number of halogens is 2. The van der Waals surface area contributed by atoms with Gasteiger partial charge in [-0.2, -0.15) is 0 Å². The van der Waals surface area contributed by atoms with E-state index in [1.54, 1.807) is 36.5 Å². The maximum atomic E-state index is 9.59. The highest BCUT2D eigenvalue weighted by Gasteiger charge is 2.64. The molecule has 2 atom stereocenters. The van der Waals surface area contributed by atoms with Crippen molar-refractivity contribution in [3.05, 3.63) is 70.8 Å². The minimum absolute atomic E-state index is 0.139. The van der Waals surface area contributed by atoms with Crippen molar-refractivity contribution in [2.45, 2.75) is 92.4 Å². The summed E-state index contributed by atoms with van der Waals surface area (Å²) < 4.78 is 8.36. The number of carbonyl (C=O) groups excluding carboxylic acids is 1. The molecule has 2 aliphatic carbocycles. The molecule has 0 saturated carbocycles. The van der Waals surface area contributed by atoms with Crippen molar-refractivity contribution in [1.82, 2.24) is 0 Å². The molecular formula is C32H52I2O3. The molecule has 0 bridgehead atoms. The Bertz CT molecular complexity index is 854. The van der Waals surface area contributed by atoms with Crippen molar-refractivity contribution in [2.75, 3.05) is 21.3 Å². The maximum absolute atomic E-state index is 9.59. The van der Waals surface area contributed by atoms with E-state index in [-0.39, 0.29) is 22.2 Å². The molecule has 0 saturated heterocycles. The second-order valence-electron chi connectivity index (χ2n) is 9.95. The molecule has 4 rings (SSSR count). The molecular weight excluding hydrogens is 686 g/mol. The number of benzene rings is 2. The van der Waals surface area contributed by atoms with E-state index in [9.17, 15) is 4.79 Å². The number of ether oxygens (including phenoxy) is 2. The lowest BCUT2D eigenvalue weighted by Gasteiger charge is -2.43. The van der Waals surface area contributed by atoms with Gasteiger partial charge in [0.05, 0.1) is 7.11 Å². The van der Waals surface area contributed by atoms with Gasteiger partial charge in [-0.05, 0) is 44.9 Å². The topological polar surface area (TPSA) is 35.5 Å². The van der Waals surface area contributed by atoms with Crippen LogP contribution < -0.4 is 0 Å². The zero-order valence-corrected chi connectivity index (χ0v) is 30.1. The summed E-state index contributed by atoms with van der Waals surface area (Å²) in [7, 11) is 4.60. The summed E-state index contributed by atoms with van der Waals surface area (Å²) in [6.07, 6.45) is 0. The van der Waals surface area contributed by atoms with Crippen LogP contribution in [0.15, 0.2) is 48.5 Å². The fourth-order valence-corrected chi connectivity index (χ4v) is 5.87. The van der Waals surface area contributed by atoms with Crippen molar-refractivity contribution >= 4 is 43.2 Å². The van der Waals surface area contributed by atoms with Crippen molar-refractivity contribution in [1.29, 1.82) is 0 Å². The van der Waals surface area contributed by atoms with Crippen molar-refractivity contribution in [3.63, 3.8) is 0 Å². The molecule has 0 radical (unpaired) electrons. The van der Waals surface area contributed by atoms with Gasteiger partial charge < -0.3 is 9.47 Å². The second-order valence-corrected chi connectivity index (χ2v) is 9.95. The van der Waals surface area contributed by atoms with Crippen LogP contribution in [-0.2, 0) is 30.5 Å². The van der Waals surface area contributed by atoms with Gasteiger partial charge in [-0.3, -0.25) is 4.79 Å². The SMILES string of the molecule is CC.CC.CC1C(C)(C)c2ccccc2C12c1ccccc1C(C)(C)C2C.COC.COC(C)=O.II. The number of esters is 1. The first kappa shape index (κ1) is 38.5. The molecule has 5 heteroatoms. The summed E-state index contributed by atoms with van der Waals surface area (Å²) in [5, 5.41) is 0. The molecule has 3 nitrogen and oxygen atoms in total. The minimum atomic E-state index is -0.245. The molecule has 1 spiro atoms. The lowest BCUT2D eigenvalue weighted by Crippen LogP contribution is -2.43. The Hall–Kier alpha value is -0.670. The molecule has 0 fully saturated rings. The van der Waals surface area contributed by atoms with Crippen LogP contribution in [0.25, 0.3) is 0 Å². The monoisotopic (exact) mass is 738 g/mol. The summed E-state index contributed by atoms with van der Waals surface area (Å²) in [5.74, 6) is 0.931. The van der Waals surface area contributed by atoms with Crippen LogP contribution in [-0.4, -0.2) is 27.3 Å². The largest absolute Gasteiger partial charge is 0.469 e. The lowest BCUT2D eigenvalue weighted by molar-refractivity contribution is -0.137. The number of hydrogen-bond donors (Lipinski definition) is 0. The highest BCUT2D eigenvalue weighted by Crippen LogP contribution is 2.67. The fourth-order valence-electron chi connectivity index (χ4n) is 5.87. The molecule has 2 aromatic carbocycles. The van der Waals surface area contributed by atoms with Gasteiger partial charge in [-0.15, -0.1) is 0 Å². The Kier molecular flexibility index (Phi) is 18.5. The molecule has 2 aliphatic rings. The zero-order chi connectivity index (χ0) is 29.6. The standard InChI is InChI=1S/C23H28.C3H6O2.C2H6O.2C2H6.I2/c1-15-21(3,4)17-11-7-9-13-19(17)23(15)16(2)22(5,6)18-12-8-10-14-20(18)23;1-3(4)5-2;1-3-2;3*1-2/h7-16H,1-6H3;1-2H3;1-2H3;2*1-2H3;. The van der Waals surface area contributed by atoms with E-state index in [0.29, 0.717) is 11.8 Å². The second kappa shape index (κ2) is 17.8. The predicted molar refractivity (Wildman–Crippen MR) is 179 cm³/mol. The predicted octanol–water partition coefficient (Wildman–Crippen LogP) is 10.1. The van der Waals surface area contributed by atoms with Gasteiger partial charge in [-0.25, -0.2) is 0 Å². The molecule has 0 amide bonds. The van der Waals surface area contributed by atoms with Gasteiger partial charge in [0, 0.05) is 63.8 Å². The summed E-state index contributed by atoms with van der Waals surface area (Å²) >= 11 is 4.24. The average Bonchev–Trinajstić information content (AvgIpc) is 3.22. The molecule has 2 aromatic rings. The Morgan fingerprint density at radius 1 is 0.676 bits per heavy atom. The van der Waals surface area contributed by atoms with Crippen molar-refractivity contribution < 1.29 is 14.3 Å². The smallest absolute Gasteiger partial charge is 0.302 e. The third kappa shape index (κ3) is 7.71. The molecule has 212 valence electrons. The molecule has 2 unspecified atom stereocenters. The van der Waals surface area contributed by atoms with E-state index in [1.165, 1.54) is 14.0 Å². The van der Waals surface area contributed by atoms with E-state index in [1.807, 2.05) is 27.7 Å². The van der Waals surface area contributed by atoms with Crippen LogP contribution >= 0.6 is 37.2 Å². The van der Waals surface area contributed by atoms with E-state index < -0.39 is 0 Å². The summed E-state index contributed by atoms with van der Waals surface area (Å²) in [4.78, 5) is 9.59. The minimum Gasteiger partial charge on any atom is -0.469 e. The molecule has 0 aromatic heterocycles. The molecule has 37 heavy (non-hydrogen) atoms. The number of rotatable bonds is 0. The first-order chi connectivity index (χ1) is 17.4. The zero-order valence-electron chi connectivity index (χ0n) is 25.8. The summed E-state index contributed by atoms with van der Waals surface area (Å²) in [5.41, 5.74) is 6.79. The van der Waals surface area contributed by atoms with Crippen LogP contribution in [0.2, 0.25) is 0 Å². The Morgan fingerprint density at radius 2 is 0.892 bits per heavy atom. The van der Waals surface area contributed by atoms with E-state index in [2.05, 4.69) is 137 Å². The summed E-state index contributed by atoms with van der Waals surface area (Å²) in [6.45, 7) is 24.1. The van der Waals surface area contributed by atoms with Crippen LogP contribution in [0.3, 0.4) is 0 Å². The van der Waals surface area contributed by atoms with E-state index >= 15 is 0 Å². The highest BCUT2D eigenvalue weighted by atomic mass is 128. The number of fused-ring (bicyclic) bond motifs is 4. The van der Waals surface area contributed by atoms with Gasteiger partial charge in [0.15, 0.2) is 0 Å². The van der Waals surface area contributed by atoms with Crippen LogP contribution in [0.5, 0.6) is 0 Å². The van der Waals surface area contributed by atoms with Crippen LogP contribution in [0, 0.1) is 11.8 Å². The first-order valence-corrected chi connectivity index (χ1v) is 19.5. The van der Waals surface area contributed by atoms with E-state index in [0.717, 1.165) is 0 Å². The van der Waals surface area contributed by atoms with Gasteiger partial charge in [0.2, 0.25) is 0 Å². The van der Waals surface area contributed by atoms with Crippen LogP contribution in [0.1, 0.15) is 98.4 Å². The van der Waals surface area contributed by atoms with E-state index in [4.69, 9.17) is 0 Å². The lowest BCUT2D eigenvalue weighted by atomic mass is 9.60. The van der Waals surface area contributed by atoms with Gasteiger partial charge in [-0.1, -0.05) is 118 Å². The summed E-state index contributed by atoms with van der Waals surface area (Å²) in [6, 6.07) is 18.4. The Balaban J connectivity index is 0. The number of hydrogen-bond acceptors (Lipinski definition) is 3. The van der Waals surface area contributed by atoms with Gasteiger partial charge in [0.25, 0.3) is 0 Å². The Morgan fingerprint density at radius 3 is 1.11 bits per heavy atom. The first-order valence-electron chi connectivity index (χ1n) is 13.2. The normalized spacial score (nSPS) is 22.3. The van der Waals surface area contributed by atoms with Crippen molar-refractivity contribution in [3.8, 4) is 0 Å². The maximum Gasteiger partial charge on any atom is 0.302 e. The molecule has 0 aliphatic heterocycles. The molecule has 0 heterocycles. The Labute approximate surface area is 252 Å². The van der Waals surface area contributed by atoms with Crippen LogP contribution in [0.4, 0.5) is 0 Å². The average molecular weight is 739 g/mol. The number of carbonyl (C=O) groups is 1. The highest BCUT2D eigenvalue weighted by molar-refractivity contribution is 15.0. The number of methoxy groups -OCH3 is 2. The van der Waals surface area contributed by atoms with Crippen molar-refractivity contribution in [2.24, 2.45) is 11.8 Å². The van der Waals surface area contributed by atoms with Gasteiger partial charge >= 0.3 is 5.97 Å². The third-order valence-corrected chi connectivity index (χ3v) is 7.95. The molecule has 0 N–H and O–H groups in total. The third-order valence-electron chi connectivity index (χ3n) is 7.95. The quantitative estimate of drug-likeness (QED) is 0.200. The fraction of sp³-hybridized carbons (Fsp3) is 0.594. The van der Waals surface area contributed by atoms with Gasteiger partial charge in [0.1, 0.15) is 0 Å².